The SMILES string of the molecule is COc1cccc(C(CNS(=O)(=O)c2ccc(S(N)(=O)=O)cc2)N(C)C)c1. The van der Waals surface area contributed by atoms with Gasteiger partial charge in [-0.2, -0.15) is 0 Å². The second-order valence-electron chi connectivity index (χ2n) is 6.12. The Hall–Kier alpha value is -1.98. The van der Waals surface area contributed by atoms with Crippen LogP contribution < -0.4 is 14.6 Å². The van der Waals surface area contributed by atoms with Crippen molar-refractivity contribution >= 4 is 20.0 Å². The largest absolute Gasteiger partial charge is 0.497 e. The third-order valence-electron chi connectivity index (χ3n) is 4.03. The molecule has 0 saturated heterocycles. The summed E-state index contributed by atoms with van der Waals surface area (Å²) in [5, 5.41) is 5.03. The maximum atomic E-state index is 12.5. The summed E-state index contributed by atoms with van der Waals surface area (Å²) in [5.41, 5.74) is 0.895. The van der Waals surface area contributed by atoms with Gasteiger partial charge < -0.3 is 9.64 Å². The Morgan fingerprint density at radius 2 is 1.63 bits per heavy atom. The highest BCUT2D eigenvalue weighted by molar-refractivity contribution is 7.89. The van der Waals surface area contributed by atoms with E-state index < -0.39 is 20.0 Å². The minimum absolute atomic E-state index is 0.0435. The average Bonchev–Trinajstić information content (AvgIpc) is 2.61. The number of primary sulfonamides is 1. The van der Waals surface area contributed by atoms with E-state index in [1.807, 2.05) is 43.3 Å². The molecule has 1 atom stereocenters. The molecule has 1 unspecified atom stereocenters. The molecule has 8 nitrogen and oxygen atoms in total. The normalized spacial score (nSPS) is 13.5. The third kappa shape index (κ3) is 5.50. The number of sulfonamides is 2. The van der Waals surface area contributed by atoms with Crippen LogP contribution in [0.25, 0.3) is 0 Å². The van der Waals surface area contributed by atoms with Gasteiger partial charge in [-0.15, -0.1) is 0 Å². The van der Waals surface area contributed by atoms with Crippen molar-refractivity contribution in [1.29, 1.82) is 0 Å². The molecule has 0 aliphatic carbocycles. The minimum atomic E-state index is -3.88. The van der Waals surface area contributed by atoms with Crippen molar-refractivity contribution in [3.05, 3.63) is 54.1 Å². The van der Waals surface area contributed by atoms with Crippen LogP contribution in [0.15, 0.2) is 58.3 Å². The van der Waals surface area contributed by atoms with E-state index in [1.165, 1.54) is 12.1 Å². The van der Waals surface area contributed by atoms with Gasteiger partial charge in [0.1, 0.15) is 5.75 Å². The van der Waals surface area contributed by atoms with Gasteiger partial charge in [0.2, 0.25) is 20.0 Å². The standard InChI is InChI=1S/C17H23N3O5S2/c1-20(2)17(13-5-4-6-14(11-13)25-3)12-19-27(23,24)16-9-7-15(8-10-16)26(18,21)22/h4-11,17,19H,12H2,1-3H3,(H2,18,21,22). The van der Waals surface area contributed by atoms with Crippen molar-refractivity contribution in [2.45, 2.75) is 15.8 Å². The first kappa shape index (κ1) is 21.3. The van der Waals surface area contributed by atoms with E-state index in [4.69, 9.17) is 9.88 Å². The minimum Gasteiger partial charge on any atom is -0.497 e. The monoisotopic (exact) mass is 413 g/mol. The summed E-state index contributed by atoms with van der Waals surface area (Å²) in [5.74, 6) is 0.681. The second-order valence-corrected chi connectivity index (χ2v) is 9.45. The van der Waals surface area contributed by atoms with Crippen LogP contribution in [0, 0.1) is 0 Å². The van der Waals surface area contributed by atoms with Crippen molar-refractivity contribution in [2.75, 3.05) is 27.7 Å². The Labute approximate surface area is 160 Å². The summed E-state index contributed by atoms with van der Waals surface area (Å²) in [4.78, 5) is 1.70. The molecule has 0 radical (unpaired) electrons. The summed E-state index contributed by atoms with van der Waals surface area (Å²) in [7, 11) is -2.44. The maximum Gasteiger partial charge on any atom is 0.240 e. The summed E-state index contributed by atoms with van der Waals surface area (Å²) in [6.45, 7) is 0.124. The molecule has 0 aliphatic heterocycles. The van der Waals surface area contributed by atoms with Crippen LogP contribution >= 0.6 is 0 Å². The molecule has 0 amide bonds. The number of hydrogen-bond acceptors (Lipinski definition) is 6. The highest BCUT2D eigenvalue weighted by atomic mass is 32.2. The lowest BCUT2D eigenvalue weighted by Crippen LogP contribution is -2.34. The van der Waals surface area contributed by atoms with Crippen LogP contribution in [0.1, 0.15) is 11.6 Å². The van der Waals surface area contributed by atoms with Crippen molar-refractivity contribution in [3.63, 3.8) is 0 Å². The van der Waals surface area contributed by atoms with Gasteiger partial charge >= 0.3 is 0 Å². The number of rotatable bonds is 8. The van der Waals surface area contributed by atoms with E-state index in [-0.39, 0.29) is 22.4 Å². The van der Waals surface area contributed by atoms with Crippen LogP contribution in [0.3, 0.4) is 0 Å². The Morgan fingerprint density at radius 3 is 2.15 bits per heavy atom. The lowest BCUT2D eigenvalue weighted by atomic mass is 10.1. The zero-order chi connectivity index (χ0) is 20.2. The van der Waals surface area contributed by atoms with E-state index >= 15 is 0 Å². The Bertz CT molecular complexity index is 987. The number of nitrogens with zero attached hydrogens (tertiary/aromatic N) is 1. The topological polar surface area (TPSA) is 119 Å². The summed E-state index contributed by atoms with van der Waals surface area (Å²) < 4.78 is 55.4. The van der Waals surface area contributed by atoms with Gasteiger partial charge in [0, 0.05) is 12.6 Å². The van der Waals surface area contributed by atoms with Gasteiger partial charge in [-0.25, -0.2) is 26.7 Å². The van der Waals surface area contributed by atoms with Gasteiger partial charge in [-0.05, 0) is 56.1 Å². The van der Waals surface area contributed by atoms with Crippen molar-refractivity contribution in [2.24, 2.45) is 5.14 Å². The summed E-state index contributed by atoms with van der Waals surface area (Å²) in [6, 6.07) is 11.9. The Morgan fingerprint density at radius 1 is 1.04 bits per heavy atom. The lowest BCUT2D eigenvalue weighted by Gasteiger charge is -2.25. The second kappa shape index (κ2) is 8.36. The predicted molar refractivity (Wildman–Crippen MR) is 102 cm³/mol. The Balaban J connectivity index is 2.20. The molecule has 10 heteroatoms. The number of hydrogen-bond donors (Lipinski definition) is 2. The van der Waals surface area contributed by atoms with Crippen molar-refractivity contribution in [3.8, 4) is 5.75 Å². The highest BCUT2D eigenvalue weighted by Crippen LogP contribution is 2.23. The zero-order valence-electron chi connectivity index (χ0n) is 15.3. The van der Waals surface area contributed by atoms with Gasteiger partial charge in [0.25, 0.3) is 0 Å². The fourth-order valence-corrected chi connectivity index (χ4v) is 4.08. The molecule has 2 rings (SSSR count). The first-order valence-electron chi connectivity index (χ1n) is 7.97. The molecule has 0 bridgehead atoms. The Kier molecular flexibility index (Phi) is 6.60. The fourth-order valence-electron chi connectivity index (χ4n) is 2.53. The quantitative estimate of drug-likeness (QED) is 0.664. The first-order chi connectivity index (χ1) is 12.5. The van der Waals surface area contributed by atoms with E-state index in [2.05, 4.69) is 4.72 Å². The number of methoxy groups -OCH3 is 1. The van der Waals surface area contributed by atoms with Gasteiger partial charge in [-0.1, -0.05) is 12.1 Å². The van der Waals surface area contributed by atoms with E-state index in [1.54, 1.807) is 7.11 Å². The van der Waals surface area contributed by atoms with E-state index in [0.29, 0.717) is 5.75 Å². The molecule has 2 aromatic carbocycles. The molecule has 27 heavy (non-hydrogen) atoms. The summed E-state index contributed by atoms with van der Waals surface area (Å²) in [6.07, 6.45) is 0. The molecule has 0 aromatic heterocycles. The lowest BCUT2D eigenvalue weighted by molar-refractivity contribution is 0.298. The van der Waals surface area contributed by atoms with Crippen LogP contribution in [0.2, 0.25) is 0 Å². The van der Waals surface area contributed by atoms with Gasteiger partial charge in [0.05, 0.1) is 16.9 Å². The first-order valence-corrected chi connectivity index (χ1v) is 11.0. The third-order valence-corrected chi connectivity index (χ3v) is 6.40. The molecule has 0 saturated carbocycles. The number of likely N-dealkylation sites (N-methyl/N-ethyl adjacent to an activating group) is 1. The van der Waals surface area contributed by atoms with Gasteiger partial charge in [-0.3, -0.25) is 0 Å². The van der Waals surface area contributed by atoms with Gasteiger partial charge in [0.15, 0.2) is 0 Å². The van der Waals surface area contributed by atoms with Crippen molar-refractivity contribution < 1.29 is 21.6 Å². The van der Waals surface area contributed by atoms with Crippen LogP contribution in [0.4, 0.5) is 0 Å². The smallest absolute Gasteiger partial charge is 0.240 e. The van der Waals surface area contributed by atoms with Crippen LogP contribution in [-0.4, -0.2) is 49.5 Å². The average molecular weight is 414 g/mol. The van der Waals surface area contributed by atoms with E-state index in [9.17, 15) is 16.8 Å². The molecule has 148 valence electrons. The molecule has 3 N–H and O–H groups in total. The molecular formula is C17H23N3O5S2. The summed E-state index contributed by atoms with van der Waals surface area (Å²) >= 11 is 0. The van der Waals surface area contributed by atoms with Crippen molar-refractivity contribution in [1.82, 2.24) is 9.62 Å². The molecule has 0 spiro atoms. The number of ether oxygens (including phenoxy) is 1. The predicted octanol–water partition coefficient (Wildman–Crippen LogP) is 0.924. The molecule has 0 fully saturated rings. The van der Waals surface area contributed by atoms with Crippen LogP contribution in [-0.2, 0) is 20.0 Å². The highest BCUT2D eigenvalue weighted by Gasteiger charge is 2.20. The number of nitrogens with two attached hydrogens (primary N) is 1. The molecular weight excluding hydrogens is 390 g/mol. The molecule has 0 heterocycles. The molecule has 2 aromatic rings. The number of nitrogens with one attached hydrogen (secondary N) is 1. The maximum absolute atomic E-state index is 12.5. The van der Waals surface area contributed by atoms with E-state index in [0.717, 1.165) is 17.7 Å². The zero-order valence-corrected chi connectivity index (χ0v) is 16.9. The fraction of sp³-hybridized carbons (Fsp3) is 0.294. The van der Waals surface area contributed by atoms with Crippen LogP contribution in [0.5, 0.6) is 5.75 Å². The number of benzene rings is 2. The molecule has 0 aliphatic rings.